The fraction of sp³-hybridized carbons (Fsp3) is 0.409. The van der Waals surface area contributed by atoms with Crippen LogP contribution in [0.3, 0.4) is 0 Å². The van der Waals surface area contributed by atoms with E-state index in [0.29, 0.717) is 5.69 Å². The number of nitrogens with zero attached hydrogens (tertiary/aromatic N) is 2. The molecule has 2 amide bonds. The number of benzene rings is 1. The summed E-state index contributed by atoms with van der Waals surface area (Å²) in [7, 11) is 0. The molecule has 1 aliphatic heterocycles. The molecule has 1 N–H and O–H groups in total. The van der Waals surface area contributed by atoms with Gasteiger partial charge in [-0.15, -0.1) is 0 Å². The summed E-state index contributed by atoms with van der Waals surface area (Å²) in [5.74, 6) is -0.386. The lowest BCUT2D eigenvalue weighted by Gasteiger charge is -2.35. The van der Waals surface area contributed by atoms with Gasteiger partial charge in [0.15, 0.2) is 0 Å². The Morgan fingerprint density at radius 3 is 2.52 bits per heavy atom. The summed E-state index contributed by atoms with van der Waals surface area (Å²) in [6.07, 6.45) is 5.12. The highest BCUT2D eigenvalue weighted by Gasteiger charge is 2.27. The van der Waals surface area contributed by atoms with E-state index in [1.165, 1.54) is 5.56 Å². The number of carbonyl (C=O) groups excluding carboxylic acids is 2. The first-order chi connectivity index (χ1) is 13.1. The highest BCUT2D eigenvalue weighted by Crippen LogP contribution is 2.21. The minimum absolute atomic E-state index is 0.0801. The molecule has 142 valence electrons. The Kier molecular flexibility index (Phi) is 6.22. The normalized spacial score (nSPS) is 16.8. The van der Waals surface area contributed by atoms with Crippen molar-refractivity contribution >= 4 is 17.5 Å². The maximum atomic E-state index is 12.9. The van der Waals surface area contributed by atoms with Crippen LogP contribution in [-0.4, -0.2) is 34.3 Å². The second-order valence-electron chi connectivity index (χ2n) is 6.97. The Balaban J connectivity index is 1.73. The standard InChI is InChI=1S/C22H27N3O2/c1-3-16-11-13-17(14-12-16)23-21(26)19-9-7-10-20(24-19)22(27)25-15-6-5-8-18(25)4-2/h7,9-14,18H,3-6,8,15H2,1-2H3,(H,23,26). The number of hydrogen-bond acceptors (Lipinski definition) is 3. The largest absolute Gasteiger partial charge is 0.334 e. The molecule has 0 bridgehead atoms. The summed E-state index contributed by atoms with van der Waals surface area (Å²) in [6, 6.07) is 13.1. The van der Waals surface area contributed by atoms with Gasteiger partial charge >= 0.3 is 0 Å². The lowest BCUT2D eigenvalue weighted by atomic mass is 9.99. The molecule has 0 saturated carbocycles. The number of anilines is 1. The number of aromatic nitrogens is 1. The first-order valence-corrected chi connectivity index (χ1v) is 9.80. The predicted octanol–water partition coefficient (Wildman–Crippen LogP) is 4.30. The first-order valence-electron chi connectivity index (χ1n) is 9.80. The van der Waals surface area contributed by atoms with Crippen LogP contribution < -0.4 is 5.32 Å². The highest BCUT2D eigenvalue weighted by molar-refractivity contribution is 6.03. The van der Waals surface area contributed by atoms with Gasteiger partial charge in [0.05, 0.1) is 0 Å². The molecule has 2 aromatic rings. The van der Waals surface area contributed by atoms with Gasteiger partial charge in [0.1, 0.15) is 11.4 Å². The lowest BCUT2D eigenvalue weighted by Crippen LogP contribution is -2.43. The number of amides is 2. The van der Waals surface area contributed by atoms with Gasteiger partial charge in [-0.25, -0.2) is 4.98 Å². The summed E-state index contributed by atoms with van der Waals surface area (Å²) in [5.41, 5.74) is 2.53. The molecule has 0 radical (unpaired) electrons. The molecule has 1 aromatic heterocycles. The van der Waals surface area contributed by atoms with Crippen molar-refractivity contribution in [2.75, 3.05) is 11.9 Å². The smallest absolute Gasteiger partial charge is 0.274 e. The Labute approximate surface area is 160 Å². The van der Waals surface area contributed by atoms with Crippen molar-refractivity contribution in [3.63, 3.8) is 0 Å². The van der Waals surface area contributed by atoms with Crippen LogP contribution in [0.2, 0.25) is 0 Å². The van der Waals surface area contributed by atoms with Crippen LogP contribution in [0.25, 0.3) is 0 Å². The number of piperidine rings is 1. The van der Waals surface area contributed by atoms with E-state index in [-0.39, 0.29) is 23.6 Å². The molecule has 0 spiro atoms. The number of rotatable bonds is 5. The Bertz CT molecular complexity index is 801. The predicted molar refractivity (Wildman–Crippen MR) is 107 cm³/mol. The molecule has 2 heterocycles. The molecule has 1 unspecified atom stereocenters. The van der Waals surface area contributed by atoms with Gasteiger partial charge in [-0.05, 0) is 61.9 Å². The molecular weight excluding hydrogens is 338 g/mol. The SMILES string of the molecule is CCc1ccc(NC(=O)c2cccc(C(=O)N3CCCCC3CC)n2)cc1. The second-order valence-corrected chi connectivity index (χ2v) is 6.97. The van der Waals surface area contributed by atoms with Gasteiger partial charge in [-0.2, -0.15) is 0 Å². The molecule has 1 aliphatic rings. The molecule has 1 saturated heterocycles. The monoisotopic (exact) mass is 365 g/mol. The molecule has 27 heavy (non-hydrogen) atoms. The van der Waals surface area contributed by atoms with Gasteiger partial charge in [-0.3, -0.25) is 9.59 Å². The van der Waals surface area contributed by atoms with Crippen molar-refractivity contribution in [2.24, 2.45) is 0 Å². The van der Waals surface area contributed by atoms with Crippen LogP contribution in [0.4, 0.5) is 5.69 Å². The number of aryl methyl sites for hydroxylation is 1. The van der Waals surface area contributed by atoms with Crippen LogP contribution in [0.1, 0.15) is 66.1 Å². The van der Waals surface area contributed by atoms with Crippen LogP contribution in [0, 0.1) is 0 Å². The molecule has 5 heteroatoms. The molecule has 0 aliphatic carbocycles. The third-order valence-corrected chi connectivity index (χ3v) is 5.18. The van der Waals surface area contributed by atoms with E-state index in [0.717, 1.165) is 44.3 Å². The zero-order valence-corrected chi connectivity index (χ0v) is 16.1. The number of nitrogens with one attached hydrogen (secondary N) is 1. The topological polar surface area (TPSA) is 62.3 Å². The fourth-order valence-corrected chi connectivity index (χ4v) is 3.54. The van der Waals surface area contributed by atoms with Gasteiger partial charge in [-0.1, -0.05) is 32.0 Å². The Hall–Kier alpha value is -2.69. The van der Waals surface area contributed by atoms with E-state index in [4.69, 9.17) is 0 Å². The summed E-state index contributed by atoms with van der Waals surface area (Å²) in [5, 5.41) is 2.85. The summed E-state index contributed by atoms with van der Waals surface area (Å²) in [4.78, 5) is 31.7. The van der Waals surface area contributed by atoms with Crippen LogP contribution in [-0.2, 0) is 6.42 Å². The summed E-state index contributed by atoms with van der Waals surface area (Å²) in [6.45, 7) is 4.96. The van der Waals surface area contributed by atoms with E-state index >= 15 is 0 Å². The number of pyridine rings is 1. The van der Waals surface area contributed by atoms with Crippen molar-refractivity contribution < 1.29 is 9.59 Å². The third-order valence-electron chi connectivity index (χ3n) is 5.18. The third kappa shape index (κ3) is 4.54. The lowest BCUT2D eigenvalue weighted by molar-refractivity contribution is 0.0602. The highest BCUT2D eigenvalue weighted by atomic mass is 16.2. The van der Waals surface area contributed by atoms with Gasteiger partial charge in [0, 0.05) is 18.3 Å². The van der Waals surface area contributed by atoms with Crippen LogP contribution >= 0.6 is 0 Å². The van der Waals surface area contributed by atoms with E-state index in [1.807, 2.05) is 29.2 Å². The molecular formula is C22H27N3O2. The minimum atomic E-state index is -0.306. The van der Waals surface area contributed by atoms with Crippen molar-refractivity contribution in [1.29, 1.82) is 0 Å². The van der Waals surface area contributed by atoms with Crippen molar-refractivity contribution in [2.45, 2.75) is 52.0 Å². The van der Waals surface area contributed by atoms with Crippen LogP contribution in [0.5, 0.6) is 0 Å². The zero-order chi connectivity index (χ0) is 19.2. The number of hydrogen-bond donors (Lipinski definition) is 1. The average molecular weight is 365 g/mol. The average Bonchev–Trinajstić information content (AvgIpc) is 2.73. The van der Waals surface area contributed by atoms with Crippen molar-refractivity contribution in [3.8, 4) is 0 Å². The maximum Gasteiger partial charge on any atom is 0.274 e. The van der Waals surface area contributed by atoms with Crippen molar-refractivity contribution in [1.82, 2.24) is 9.88 Å². The van der Waals surface area contributed by atoms with E-state index in [2.05, 4.69) is 24.1 Å². The molecule has 3 rings (SSSR count). The molecule has 1 atom stereocenters. The Morgan fingerprint density at radius 1 is 1.07 bits per heavy atom. The quantitative estimate of drug-likeness (QED) is 0.859. The fourth-order valence-electron chi connectivity index (χ4n) is 3.54. The van der Waals surface area contributed by atoms with Crippen LogP contribution in [0.15, 0.2) is 42.5 Å². The van der Waals surface area contributed by atoms with Gasteiger partial charge in [0.25, 0.3) is 11.8 Å². The van der Waals surface area contributed by atoms with Gasteiger partial charge in [0.2, 0.25) is 0 Å². The Morgan fingerprint density at radius 2 is 1.81 bits per heavy atom. The minimum Gasteiger partial charge on any atom is -0.334 e. The van der Waals surface area contributed by atoms with E-state index in [1.54, 1.807) is 18.2 Å². The van der Waals surface area contributed by atoms with E-state index < -0.39 is 0 Å². The van der Waals surface area contributed by atoms with Gasteiger partial charge < -0.3 is 10.2 Å². The first kappa shape index (κ1) is 19.1. The van der Waals surface area contributed by atoms with Crippen molar-refractivity contribution in [3.05, 3.63) is 59.4 Å². The zero-order valence-electron chi connectivity index (χ0n) is 16.1. The number of likely N-dealkylation sites (tertiary alicyclic amines) is 1. The summed E-state index contributed by atoms with van der Waals surface area (Å²) >= 11 is 0. The number of carbonyl (C=O) groups is 2. The van der Waals surface area contributed by atoms with E-state index in [9.17, 15) is 9.59 Å². The molecule has 1 aromatic carbocycles. The summed E-state index contributed by atoms with van der Waals surface area (Å²) < 4.78 is 0. The molecule has 1 fully saturated rings. The second kappa shape index (κ2) is 8.80. The molecule has 5 nitrogen and oxygen atoms in total. The maximum absolute atomic E-state index is 12.9.